The quantitative estimate of drug-likeness (QED) is 0.774. The summed E-state index contributed by atoms with van der Waals surface area (Å²) in [5, 5.41) is 3.32. The van der Waals surface area contributed by atoms with Crippen LogP contribution in [-0.4, -0.2) is 31.1 Å². The number of hydrogen-bond acceptors (Lipinski definition) is 2. The minimum absolute atomic E-state index is 0.315. The normalized spacial score (nSPS) is 17.9. The van der Waals surface area contributed by atoms with E-state index in [4.69, 9.17) is 0 Å². The lowest BCUT2D eigenvalue weighted by Crippen LogP contribution is -2.34. The molecule has 0 amide bonds. The average Bonchev–Trinajstić information content (AvgIpc) is 2.84. The molecule has 134 valence electrons. The van der Waals surface area contributed by atoms with Crippen molar-refractivity contribution in [1.29, 1.82) is 0 Å². The van der Waals surface area contributed by atoms with Crippen molar-refractivity contribution in [3.8, 4) is 0 Å². The van der Waals surface area contributed by atoms with Crippen LogP contribution in [0.5, 0.6) is 0 Å². The van der Waals surface area contributed by atoms with Crippen LogP contribution < -0.4 is 5.32 Å². The lowest BCUT2D eigenvalue weighted by Gasteiger charge is -2.33. The topological polar surface area (TPSA) is 15.3 Å². The van der Waals surface area contributed by atoms with Gasteiger partial charge in [0.1, 0.15) is 0 Å². The number of nitrogens with one attached hydrogen (secondary N) is 1. The molecule has 1 unspecified atom stereocenters. The van der Waals surface area contributed by atoms with Crippen LogP contribution in [-0.2, 0) is 6.18 Å². The molecule has 6 heteroatoms. The molecule has 1 aliphatic rings. The number of alkyl halides is 3. The average molecular weight is 413 g/mol. The standard InChI is InChI=1S/C19H20BrF3N2/c20-15-6-3-5-14(13-15)18(25-11-4-9-24-10-12-25)16-7-1-2-8-17(16)19(21,22)23/h1-3,5-8,13,18,24H,4,9-12H2. The van der Waals surface area contributed by atoms with Crippen LogP contribution in [0.1, 0.15) is 29.2 Å². The van der Waals surface area contributed by atoms with Crippen molar-refractivity contribution in [1.82, 2.24) is 10.2 Å². The summed E-state index contributed by atoms with van der Waals surface area (Å²) in [6.45, 7) is 3.14. The van der Waals surface area contributed by atoms with Gasteiger partial charge in [-0.25, -0.2) is 0 Å². The third kappa shape index (κ3) is 4.43. The summed E-state index contributed by atoms with van der Waals surface area (Å²) < 4.78 is 41.7. The molecule has 2 aromatic carbocycles. The zero-order valence-corrected chi connectivity index (χ0v) is 15.3. The molecule has 2 nitrogen and oxygen atoms in total. The molecule has 1 saturated heterocycles. The van der Waals surface area contributed by atoms with E-state index in [2.05, 4.69) is 26.1 Å². The van der Waals surface area contributed by atoms with E-state index in [1.54, 1.807) is 12.1 Å². The molecule has 0 aromatic heterocycles. The van der Waals surface area contributed by atoms with Gasteiger partial charge >= 0.3 is 6.18 Å². The third-order valence-corrected chi connectivity index (χ3v) is 4.96. The molecule has 3 rings (SSSR count). The Morgan fingerprint density at radius 3 is 2.56 bits per heavy atom. The summed E-state index contributed by atoms with van der Waals surface area (Å²) in [7, 11) is 0. The summed E-state index contributed by atoms with van der Waals surface area (Å²) in [6.07, 6.45) is -3.45. The first-order valence-corrected chi connectivity index (χ1v) is 9.12. The van der Waals surface area contributed by atoms with Gasteiger partial charge in [-0.3, -0.25) is 4.90 Å². The van der Waals surface area contributed by atoms with Crippen LogP contribution in [0.25, 0.3) is 0 Å². The Hall–Kier alpha value is -1.37. The number of benzene rings is 2. The van der Waals surface area contributed by atoms with Gasteiger partial charge in [-0.15, -0.1) is 0 Å². The van der Waals surface area contributed by atoms with Gasteiger partial charge in [-0.05, 0) is 42.3 Å². The second-order valence-corrected chi connectivity index (χ2v) is 7.10. The first-order valence-electron chi connectivity index (χ1n) is 8.33. The van der Waals surface area contributed by atoms with Crippen molar-refractivity contribution in [2.75, 3.05) is 26.2 Å². The van der Waals surface area contributed by atoms with E-state index in [0.29, 0.717) is 12.1 Å². The largest absolute Gasteiger partial charge is 0.416 e. The van der Waals surface area contributed by atoms with Gasteiger partial charge in [-0.2, -0.15) is 13.2 Å². The van der Waals surface area contributed by atoms with Gasteiger partial charge in [0.15, 0.2) is 0 Å². The maximum Gasteiger partial charge on any atom is 0.416 e. The monoisotopic (exact) mass is 412 g/mol. The zero-order chi connectivity index (χ0) is 17.9. The second-order valence-electron chi connectivity index (χ2n) is 6.18. The summed E-state index contributed by atoms with van der Waals surface area (Å²) in [5.74, 6) is 0. The highest BCUT2D eigenvalue weighted by Crippen LogP contribution is 2.39. The van der Waals surface area contributed by atoms with Crippen molar-refractivity contribution >= 4 is 15.9 Å². The minimum Gasteiger partial charge on any atom is -0.315 e. The van der Waals surface area contributed by atoms with Gasteiger partial charge in [0.2, 0.25) is 0 Å². The van der Waals surface area contributed by atoms with E-state index in [9.17, 15) is 13.2 Å². The molecule has 1 fully saturated rings. The molecule has 0 aliphatic carbocycles. The van der Waals surface area contributed by atoms with Crippen molar-refractivity contribution in [3.05, 3.63) is 69.7 Å². The first-order chi connectivity index (χ1) is 12.0. The molecule has 0 bridgehead atoms. The Kier molecular flexibility index (Phi) is 5.81. The molecule has 0 saturated carbocycles. The highest BCUT2D eigenvalue weighted by molar-refractivity contribution is 9.10. The van der Waals surface area contributed by atoms with Crippen LogP contribution >= 0.6 is 15.9 Å². The predicted molar refractivity (Wildman–Crippen MR) is 96.5 cm³/mol. The highest BCUT2D eigenvalue weighted by Gasteiger charge is 2.37. The minimum atomic E-state index is -4.37. The van der Waals surface area contributed by atoms with Gasteiger partial charge < -0.3 is 5.32 Å². The van der Waals surface area contributed by atoms with Crippen molar-refractivity contribution in [2.24, 2.45) is 0 Å². The molecular formula is C19H20BrF3N2. The van der Waals surface area contributed by atoms with E-state index >= 15 is 0 Å². The van der Waals surface area contributed by atoms with Crippen LogP contribution in [0, 0.1) is 0 Å². The van der Waals surface area contributed by atoms with E-state index in [1.165, 1.54) is 12.1 Å². The summed E-state index contributed by atoms with van der Waals surface area (Å²) in [5.41, 5.74) is 0.625. The molecule has 25 heavy (non-hydrogen) atoms. The van der Waals surface area contributed by atoms with Gasteiger partial charge in [-0.1, -0.05) is 46.3 Å². The number of hydrogen-bond donors (Lipinski definition) is 1. The van der Waals surface area contributed by atoms with Crippen molar-refractivity contribution < 1.29 is 13.2 Å². The smallest absolute Gasteiger partial charge is 0.315 e. The summed E-state index contributed by atoms with van der Waals surface area (Å²) in [6, 6.07) is 13.1. The molecule has 1 atom stereocenters. The Labute approximate surface area is 154 Å². The molecular weight excluding hydrogens is 393 g/mol. The van der Waals surface area contributed by atoms with E-state index in [-0.39, 0.29) is 0 Å². The Morgan fingerprint density at radius 1 is 1.00 bits per heavy atom. The zero-order valence-electron chi connectivity index (χ0n) is 13.7. The highest BCUT2D eigenvalue weighted by atomic mass is 79.9. The summed E-state index contributed by atoms with van der Waals surface area (Å²) in [4.78, 5) is 2.15. The molecule has 0 radical (unpaired) electrons. The fourth-order valence-corrected chi connectivity index (χ4v) is 3.80. The molecule has 1 aliphatic heterocycles. The molecule has 1 N–H and O–H groups in total. The maximum atomic E-state index is 13.6. The van der Waals surface area contributed by atoms with Gasteiger partial charge in [0.05, 0.1) is 11.6 Å². The van der Waals surface area contributed by atoms with Crippen LogP contribution in [0.3, 0.4) is 0 Å². The van der Waals surface area contributed by atoms with Crippen LogP contribution in [0.2, 0.25) is 0 Å². The maximum absolute atomic E-state index is 13.6. The fraction of sp³-hybridized carbons (Fsp3) is 0.368. The molecule has 0 spiro atoms. The lowest BCUT2D eigenvalue weighted by molar-refractivity contribution is -0.138. The first kappa shape index (κ1) is 18.4. The number of rotatable bonds is 3. The van der Waals surface area contributed by atoms with Crippen LogP contribution in [0.15, 0.2) is 53.0 Å². The van der Waals surface area contributed by atoms with E-state index in [0.717, 1.165) is 36.1 Å². The van der Waals surface area contributed by atoms with Crippen molar-refractivity contribution in [2.45, 2.75) is 18.6 Å². The Morgan fingerprint density at radius 2 is 1.80 bits per heavy atom. The number of nitrogens with zero attached hydrogens (tertiary/aromatic N) is 1. The Bertz CT molecular complexity index is 710. The molecule has 1 heterocycles. The predicted octanol–water partition coefficient (Wildman–Crippen LogP) is 4.85. The lowest BCUT2D eigenvalue weighted by atomic mass is 9.92. The third-order valence-electron chi connectivity index (χ3n) is 4.47. The van der Waals surface area contributed by atoms with E-state index < -0.39 is 17.8 Å². The van der Waals surface area contributed by atoms with E-state index in [1.807, 2.05) is 24.3 Å². The van der Waals surface area contributed by atoms with Crippen LogP contribution in [0.4, 0.5) is 13.2 Å². The fourth-order valence-electron chi connectivity index (χ4n) is 3.38. The van der Waals surface area contributed by atoms with Crippen molar-refractivity contribution in [3.63, 3.8) is 0 Å². The SMILES string of the molecule is FC(F)(F)c1ccccc1C(c1cccc(Br)c1)N1CCCNCC1. The Balaban J connectivity index is 2.11. The summed E-state index contributed by atoms with van der Waals surface area (Å²) >= 11 is 3.45. The van der Waals surface area contributed by atoms with Gasteiger partial charge in [0, 0.05) is 24.1 Å². The molecule has 2 aromatic rings. The second kappa shape index (κ2) is 7.89. The van der Waals surface area contributed by atoms with Gasteiger partial charge in [0.25, 0.3) is 0 Å². The number of halogens is 4.